The Morgan fingerprint density at radius 1 is 1.48 bits per heavy atom. The lowest BCUT2D eigenvalue weighted by molar-refractivity contribution is 0.0509. The number of ether oxygens (including phenoxy) is 2. The topological polar surface area (TPSA) is 79.4 Å². The second-order valence-corrected chi connectivity index (χ2v) is 5.16. The second kappa shape index (κ2) is 5.63. The van der Waals surface area contributed by atoms with Crippen molar-refractivity contribution in [1.82, 2.24) is 9.55 Å². The number of hydrogen-bond acceptors (Lipinski definition) is 5. The molecular formula is C15H21N3O3. The van der Waals surface area contributed by atoms with E-state index in [1.165, 1.54) is 0 Å². The summed E-state index contributed by atoms with van der Waals surface area (Å²) in [5, 5.41) is 0.720. The molecule has 0 aliphatic heterocycles. The Kier molecular flexibility index (Phi) is 4.06. The van der Waals surface area contributed by atoms with Gasteiger partial charge < -0.3 is 19.8 Å². The van der Waals surface area contributed by atoms with Gasteiger partial charge in [0.05, 0.1) is 29.5 Å². The van der Waals surface area contributed by atoms with Crippen LogP contribution >= 0.6 is 0 Å². The Balaban J connectivity index is 2.75. The van der Waals surface area contributed by atoms with E-state index < -0.39 is 5.97 Å². The number of carbonyl (C=O) groups excluding carboxylic acids is 1. The lowest BCUT2D eigenvalue weighted by Crippen LogP contribution is -2.14. The quantitative estimate of drug-likeness (QED) is 0.875. The van der Waals surface area contributed by atoms with Gasteiger partial charge in [0.2, 0.25) is 0 Å². The Morgan fingerprint density at radius 2 is 2.14 bits per heavy atom. The second-order valence-electron chi connectivity index (χ2n) is 5.16. The summed E-state index contributed by atoms with van der Waals surface area (Å²) in [6, 6.07) is 1.79. The van der Waals surface area contributed by atoms with Gasteiger partial charge in [0.15, 0.2) is 11.4 Å². The highest BCUT2D eigenvalue weighted by Gasteiger charge is 2.25. The van der Waals surface area contributed by atoms with E-state index in [1.807, 2.05) is 20.8 Å². The third-order valence-corrected chi connectivity index (χ3v) is 3.17. The number of pyridine rings is 1. The van der Waals surface area contributed by atoms with Gasteiger partial charge in [-0.15, -0.1) is 0 Å². The zero-order valence-electron chi connectivity index (χ0n) is 13.1. The first-order valence-electron chi connectivity index (χ1n) is 6.96. The first kappa shape index (κ1) is 15.2. The lowest BCUT2D eigenvalue weighted by atomic mass is 10.2. The highest BCUT2D eigenvalue weighted by atomic mass is 16.5. The summed E-state index contributed by atoms with van der Waals surface area (Å²) in [4.78, 5) is 16.7. The molecule has 0 amide bonds. The molecule has 0 aliphatic carbocycles. The number of aryl methyl sites for hydroxylation is 2. The van der Waals surface area contributed by atoms with Crippen LogP contribution in [-0.2, 0) is 11.8 Å². The molecule has 6 nitrogen and oxygen atoms in total. The average molecular weight is 291 g/mol. The van der Waals surface area contributed by atoms with Crippen LogP contribution in [0.25, 0.3) is 11.0 Å². The summed E-state index contributed by atoms with van der Waals surface area (Å²) in [6.45, 7) is 7.70. The molecule has 2 heterocycles. The van der Waals surface area contributed by atoms with Crippen LogP contribution in [0.2, 0.25) is 0 Å². The van der Waals surface area contributed by atoms with Gasteiger partial charge >= 0.3 is 5.97 Å². The van der Waals surface area contributed by atoms with Crippen LogP contribution in [0.3, 0.4) is 0 Å². The molecule has 0 bridgehead atoms. The maximum atomic E-state index is 12.2. The SMILES string of the molecule is CCOC(=O)c1c(OC(C)C)c2cc(N)c(C)nc2n1C. The van der Waals surface area contributed by atoms with Crippen LogP contribution in [0, 0.1) is 6.92 Å². The molecule has 0 saturated carbocycles. The van der Waals surface area contributed by atoms with Gasteiger partial charge in [-0.2, -0.15) is 0 Å². The molecule has 0 radical (unpaired) electrons. The number of nitrogen functional groups attached to an aromatic ring is 1. The van der Waals surface area contributed by atoms with Crippen molar-refractivity contribution in [2.24, 2.45) is 7.05 Å². The number of hydrogen-bond donors (Lipinski definition) is 1. The normalized spacial score (nSPS) is 11.1. The highest BCUT2D eigenvalue weighted by molar-refractivity contribution is 6.01. The molecule has 0 spiro atoms. The predicted octanol–water partition coefficient (Wildman–Crippen LogP) is 2.43. The first-order valence-corrected chi connectivity index (χ1v) is 6.96. The molecule has 2 aromatic rings. The fourth-order valence-corrected chi connectivity index (χ4v) is 2.20. The monoisotopic (exact) mass is 291 g/mol. The Morgan fingerprint density at radius 3 is 2.71 bits per heavy atom. The van der Waals surface area contributed by atoms with E-state index in [0.29, 0.717) is 29.4 Å². The molecular weight excluding hydrogens is 270 g/mol. The van der Waals surface area contributed by atoms with Crippen molar-refractivity contribution in [3.05, 3.63) is 17.5 Å². The summed E-state index contributed by atoms with van der Waals surface area (Å²) in [5.74, 6) is 0.0463. The third kappa shape index (κ3) is 2.66. The summed E-state index contributed by atoms with van der Waals surface area (Å²) in [5.41, 5.74) is 8.23. The van der Waals surface area contributed by atoms with Crippen LogP contribution in [0.1, 0.15) is 37.0 Å². The van der Waals surface area contributed by atoms with Gasteiger partial charge in [-0.1, -0.05) is 0 Å². The van der Waals surface area contributed by atoms with Crippen molar-refractivity contribution in [2.45, 2.75) is 33.8 Å². The number of esters is 1. The number of nitrogens with two attached hydrogens (primary N) is 1. The van der Waals surface area contributed by atoms with E-state index in [1.54, 1.807) is 24.6 Å². The summed E-state index contributed by atoms with van der Waals surface area (Å²) >= 11 is 0. The number of fused-ring (bicyclic) bond motifs is 1. The number of aromatic nitrogens is 2. The number of rotatable bonds is 4. The van der Waals surface area contributed by atoms with Crippen LogP contribution in [0.5, 0.6) is 5.75 Å². The highest BCUT2D eigenvalue weighted by Crippen LogP contribution is 2.34. The minimum absolute atomic E-state index is 0.0775. The van der Waals surface area contributed by atoms with E-state index >= 15 is 0 Å². The Bertz CT molecular complexity index is 689. The van der Waals surface area contributed by atoms with Crippen molar-refractivity contribution in [3.63, 3.8) is 0 Å². The maximum absolute atomic E-state index is 12.2. The predicted molar refractivity (Wildman–Crippen MR) is 81.6 cm³/mol. The van der Waals surface area contributed by atoms with Crippen LogP contribution in [0.4, 0.5) is 5.69 Å². The molecule has 2 aromatic heterocycles. The molecule has 0 atom stereocenters. The minimum atomic E-state index is -0.426. The van der Waals surface area contributed by atoms with Crippen molar-refractivity contribution in [1.29, 1.82) is 0 Å². The molecule has 0 fully saturated rings. The summed E-state index contributed by atoms with van der Waals surface area (Å²) < 4.78 is 12.6. The first-order chi connectivity index (χ1) is 9.86. The van der Waals surface area contributed by atoms with Crippen LogP contribution < -0.4 is 10.5 Å². The fourth-order valence-electron chi connectivity index (χ4n) is 2.20. The summed E-state index contributed by atoms with van der Waals surface area (Å²) in [6.07, 6.45) is -0.0775. The van der Waals surface area contributed by atoms with Crippen molar-refractivity contribution >= 4 is 22.7 Å². The molecule has 21 heavy (non-hydrogen) atoms. The smallest absolute Gasteiger partial charge is 0.358 e. The molecule has 2 rings (SSSR count). The van der Waals surface area contributed by atoms with Crippen molar-refractivity contribution in [2.75, 3.05) is 12.3 Å². The standard InChI is InChI=1S/C15H21N3O3/c1-6-20-15(19)12-13(21-8(2)3)10-7-11(16)9(4)17-14(10)18(12)5/h7-8H,6,16H2,1-5H3. The van der Waals surface area contributed by atoms with Gasteiger partial charge in [0.25, 0.3) is 0 Å². The van der Waals surface area contributed by atoms with E-state index in [9.17, 15) is 4.79 Å². The molecule has 114 valence electrons. The number of anilines is 1. The Hall–Kier alpha value is -2.24. The zero-order chi connectivity index (χ0) is 15.7. The van der Waals surface area contributed by atoms with Gasteiger partial charge in [0.1, 0.15) is 5.65 Å². The van der Waals surface area contributed by atoms with Crippen LogP contribution in [-0.4, -0.2) is 28.2 Å². The lowest BCUT2D eigenvalue weighted by Gasteiger charge is -2.11. The molecule has 0 saturated heterocycles. The number of carbonyl (C=O) groups is 1. The van der Waals surface area contributed by atoms with E-state index in [0.717, 1.165) is 11.1 Å². The molecule has 0 aromatic carbocycles. The van der Waals surface area contributed by atoms with Gasteiger partial charge in [-0.25, -0.2) is 9.78 Å². The van der Waals surface area contributed by atoms with E-state index in [4.69, 9.17) is 15.2 Å². The molecule has 6 heteroatoms. The van der Waals surface area contributed by atoms with E-state index in [-0.39, 0.29) is 6.10 Å². The average Bonchev–Trinajstić information content (AvgIpc) is 2.63. The molecule has 0 aliphatic rings. The third-order valence-electron chi connectivity index (χ3n) is 3.17. The van der Waals surface area contributed by atoms with Crippen molar-refractivity contribution in [3.8, 4) is 5.75 Å². The minimum Gasteiger partial charge on any atom is -0.488 e. The molecule has 0 unspecified atom stereocenters. The Labute approximate surface area is 123 Å². The zero-order valence-corrected chi connectivity index (χ0v) is 13.1. The van der Waals surface area contributed by atoms with Gasteiger partial charge in [0, 0.05) is 7.05 Å². The summed E-state index contributed by atoms with van der Waals surface area (Å²) in [7, 11) is 1.77. The maximum Gasteiger partial charge on any atom is 0.358 e. The van der Waals surface area contributed by atoms with Gasteiger partial charge in [-0.3, -0.25) is 0 Å². The fraction of sp³-hybridized carbons (Fsp3) is 0.467. The van der Waals surface area contributed by atoms with Gasteiger partial charge in [-0.05, 0) is 33.8 Å². The largest absolute Gasteiger partial charge is 0.488 e. The van der Waals surface area contributed by atoms with Crippen LogP contribution in [0.15, 0.2) is 6.07 Å². The van der Waals surface area contributed by atoms with E-state index in [2.05, 4.69) is 4.98 Å². The molecule has 2 N–H and O–H groups in total. The van der Waals surface area contributed by atoms with Crippen molar-refractivity contribution < 1.29 is 14.3 Å². The number of nitrogens with zero attached hydrogens (tertiary/aromatic N) is 2.